The molecule has 1 aliphatic heterocycles. The van der Waals surface area contributed by atoms with Gasteiger partial charge in [-0.3, -0.25) is 4.79 Å². The van der Waals surface area contributed by atoms with Gasteiger partial charge < -0.3 is 25.2 Å². The molecule has 186 valence electrons. The fourth-order valence-electron chi connectivity index (χ4n) is 8.93. The molecular weight excluding hydrogens is 420 g/mol. The van der Waals surface area contributed by atoms with Crippen LogP contribution in [0.5, 0.6) is 0 Å². The van der Waals surface area contributed by atoms with E-state index in [9.17, 15) is 25.2 Å². The number of carbonyl (C=O) groups excluding carboxylic acids is 1. The van der Waals surface area contributed by atoms with Gasteiger partial charge in [-0.25, -0.2) is 0 Å². The summed E-state index contributed by atoms with van der Waals surface area (Å²) in [6.45, 7) is 10.2. The van der Waals surface area contributed by atoms with Crippen LogP contribution >= 0.6 is 0 Å². The SMILES string of the molecule is CC1(C)CC[C@H]([C@](C)(O)[C@H]2CC[C@@]3(O)C4=CC(=O)[C@H]5C[C@@H](O)[C@@H](O)C[C@]5(C)[C@H]4CC[C@@]23C)O1. The molecule has 0 unspecified atom stereocenters. The van der Waals surface area contributed by atoms with Gasteiger partial charge in [0.25, 0.3) is 0 Å². The molecule has 0 aromatic heterocycles. The molecule has 4 aliphatic carbocycles. The lowest BCUT2D eigenvalue weighted by atomic mass is 9.45. The van der Waals surface area contributed by atoms with Crippen molar-refractivity contribution < 1.29 is 30.0 Å². The summed E-state index contributed by atoms with van der Waals surface area (Å²) in [4.78, 5) is 13.3. The molecule has 1 saturated heterocycles. The number of fused-ring (bicyclic) bond motifs is 5. The second kappa shape index (κ2) is 7.13. The summed E-state index contributed by atoms with van der Waals surface area (Å²) in [6.07, 6.45) is 4.77. The topological polar surface area (TPSA) is 107 Å². The van der Waals surface area contributed by atoms with Gasteiger partial charge in [-0.2, -0.15) is 0 Å². The van der Waals surface area contributed by atoms with Crippen molar-refractivity contribution in [3.63, 3.8) is 0 Å². The van der Waals surface area contributed by atoms with Crippen LogP contribution in [0.15, 0.2) is 11.6 Å². The maximum absolute atomic E-state index is 13.3. The summed E-state index contributed by atoms with van der Waals surface area (Å²) in [5.41, 5.74) is -2.73. The molecule has 4 fully saturated rings. The van der Waals surface area contributed by atoms with Gasteiger partial charge in [0.05, 0.1) is 35.1 Å². The molecule has 6 nitrogen and oxygen atoms in total. The standard InChI is InChI=1S/C27H42O6/c1-23(2)9-8-22(33-23)26(5,31)21-7-11-27(32)16-12-18(28)17-13-19(29)20(30)14-24(17,3)15(16)6-10-25(21,27)4/h12,15,17,19-22,29-32H,6-11,13-14H2,1-5H3/t15-,17+,19+,20-,21-,22+,24+,25-,26+,27+/m0/s1. The highest BCUT2D eigenvalue weighted by Crippen LogP contribution is 2.69. The van der Waals surface area contributed by atoms with Gasteiger partial charge >= 0.3 is 0 Å². The Balaban J connectivity index is 1.51. The van der Waals surface area contributed by atoms with Crippen molar-refractivity contribution in [3.05, 3.63) is 11.6 Å². The van der Waals surface area contributed by atoms with Gasteiger partial charge in [-0.15, -0.1) is 0 Å². The Hall–Kier alpha value is -0.790. The third kappa shape index (κ3) is 3.13. The summed E-state index contributed by atoms with van der Waals surface area (Å²) in [5.74, 6) is -0.517. The van der Waals surface area contributed by atoms with E-state index in [0.717, 1.165) is 31.3 Å². The van der Waals surface area contributed by atoms with Gasteiger partial charge in [0.1, 0.15) is 0 Å². The first-order valence-corrected chi connectivity index (χ1v) is 12.9. The van der Waals surface area contributed by atoms with Crippen LogP contribution in [0, 0.1) is 28.6 Å². The van der Waals surface area contributed by atoms with Gasteiger partial charge in [-0.1, -0.05) is 13.8 Å². The van der Waals surface area contributed by atoms with E-state index in [2.05, 4.69) is 27.7 Å². The highest BCUT2D eigenvalue weighted by Gasteiger charge is 2.69. The van der Waals surface area contributed by atoms with E-state index >= 15 is 0 Å². The summed E-state index contributed by atoms with van der Waals surface area (Å²) < 4.78 is 6.26. The van der Waals surface area contributed by atoms with Crippen molar-refractivity contribution in [1.29, 1.82) is 0 Å². The Bertz CT molecular complexity index is 878. The number of allylic oxidation sites excluding steroid dienone is 1. The molecule has 0 bridgehead atoms. The average molecular weight is 463 g/mol. The number of ether oxygens (including phenoxy) is 1. The number of aliphatic hydroxyl groups excluding tert-OH is 2. The van der Waals surface area contributed by atoms with Gasteiger partial charge in [0.2, 0.25) is 0 Å². The molecule has 5 aliphatic rings. The molecule has 6 heteroatoms. The molecule has 3 saturated carbocycles. The van der Waals surface area contributed by atoms with Crippen molar-refractivity contribution >= 4 is 5.78 Å². The summed E-state index contributed by atoms with van der Waals surface area (Å²) in [7, 11) is 0. The molecule has 1 heterocycles. The Morgan fingerprint density at radius 1 is 1.00 bits per heavy atom. The lowest BCUT2D eigenvalue weighted by molar-refractivity contribution is -0.188. The summed E-state index contributed by atoms with van der Waals surface area (Å²) in [5, 5.41) is 44.9. The fraction of sp³-hybridized carbons (Fsp3) is 0.889. The van der Waals surface area contributed by atoms with Crippen LogP contribution in [0.2, 0.25) is 0 Å². The lowest BCUT2D eigenvalue weighted by Gasteiger charge is -2.60. The minimum Gasteiger partial charge on any atom is -0.390 e. The monoisotopic (exact) mass is 462 g/mol. The van der Waals surface area contributed by atoms with Crippen LogP contribution in [0.3, 0.4) is 0 Å². The smallest absolute Gasteiger partial charge is 0.159 e. The second-order valence-corrected chi connectivity index (χ2v) is 13.2. The van der Waals surface area contributed by atoms with Crippen molar-refractivity contribution in [1.82, 2.24) is 0 Å². The number of rotatable bonds is 2. The first-order chi connectivity index (χ1) is 15.2. The van der Waals surface area contributed by atoms with E-state index in [1.807, 2.05) is 6.92 Å². The molecule has 5 rings (SSSR count). The van der Waals surface area contributed by atoms with Gasteiger partial charge in [0.15, 0.2) is 5.78 Å². The predicted octanol–water partition coefficient (Wildman–Crippen LogP) is 2.90. The van der Waals surface area contributed by atoms with Crippen molar-refractivity contribution in [2.75, 3.05) is 0 Å². The first-order valence-electron chi connectivity index (χ1n) is 12.9. The number of hydrogen-bond acceptors (Lipinski definition) is 6. The molecule has 0 spiro atoms. The first kappa shape index (κ1) is 23.9. The molecule has 33 heavy (non-hydrogen) atoms. The van der Waals surface area contributed by atoms with E-state index in [4.69, 9.17) is 4.74 Å². The minimum absolute atomic E-state index is 0.00853. The Morgan fingerprint density at radius 2 is 1.70 bits per heavy atom. The molecule has 0 aromatic carbocycles. The molecular formula is C27H42O6. The second-order valence-electron chi connectivity index (χ2n) is 13.2. The van der Waals surface area contributed by atoms with Crippen LogP contribution < -0.4 is 0 Å². The molecule has 0 aromatic rings. The normalized spacial score (nSPS) is 53.0. The summed E-state index contributed by atoms with van der Waals surface area (Å²) >= 11 is 0. The molecule has 4 N–H and O–H groups in total. The predicted molar refractivity (Wildman–Crippen MR) is 123 cm³/mol. The van der Waals surface area contributed by atoms with E-state index in [0.29, 0.717) is 19.3 Å². The number of aliphatic hydroxyl groups is 4. The van der Waals surface area contributed by atoms with Crippen LogP contribution in [-0.4, -0.2) is 61.3 Å². The van der Waals surface area contributed by atoms with Gasteiger partial charge in [0, 0.05) is 11.3 Å². The van der Waals surface area contributed by atoms with Gasteiger partial charge in [-0.05, 0) is 101 Å². The quantitative estimate of drug-likeness (QED) is 0.503. The highest BCUT2D eigenvalue weighted by molar-refractivity contribution is 5.95. The van der Waals surface area contributed by atoms with Crippen molar-refractivity contribution in [3.8, 4) is 0 Å². The number of carbonyl (C=O) groups is 1. The zero-order valence-electron chi connectivity index (χ0n) is 20.8. The van der Waals surface area contributed by atoms with E-state index < -0.39 is 34.2 Å². The molecule has 0 radical (unpaired) electrons. The average Bonchev–Trinajstić information content (AvgIpc) is 3.21. The zero-order valence-corrected chi connectivity index (χ0v) is 20.8. The van der Waals surface area contributed by atoms with Crippen molar-refractivity contribution in [2.45, 2.75) is 121 Å². The summed E-state index contributed by atoms with van der Waals surface area (Å²) in [6, 6.07) is 0. The fourth-order valence-corrected chi connectivity index (χ4v) is 8.93. The number of ketones is 1. The largest absolute Gasteiger partial charge is 0.390 e. The van der Waals surface area contributed by atoms with Crippen molar-refractivity contribution in [2.24, 2.45) is 28.6 Å². The Kier molecular flexibility index (Phi) is 5.17. The van der Waals surface area contributed by atoms with Crippen LogP contribution in [0.25, 0.3) is 0 Å². The molecule has 0 amide bonds. The van der Waals surface area contributed by atoms with E-state index in [1.165, 1.54) is 0 Å². The number of hydrogen-bond donors (Lipinski definition) is 4. The maximum atomic E-state index is 13.3. The third-order valence-electron chi connectivity index (χ3n) is 10.9. The third-order valence-corrected chi connectivity index (χ3v) is 10.9. The highest BCUT2D eigenvalue weighted by atomic mass is 16.5. The Morgan fingerprint density at radius 3 is 2.33 bits per heavy atom. The van der Waals surface area contributed by atoms with Crippen LogP contribution in [0.1, 0.15) is 86.0 Å². The maximum Gasteiger partial charge on any atom is 0.159 e. The van der Waals surface area contributed by atoms with Crippen LogP contribution in [-0.2, 0) is 9.53 Å². The molecule has 10 atom stereocenters. The van der Waals surface area contributed by atoms with E-state index in [1.54, 1.807) is 6.08 Å². The van der Waals surface area contributed by atoms with E-state index in [-0.39, 0.29) is 41.7 Å². The Labute approximate surface area is 197 Å². The van der Waals surface area contributed by atoms with Crippen LogP contribution in [0.4, 0.5) is 0 Å². The zero-order chi connectivity index (χ0) is 24.2. The lowest BCUT2D eigenvalue weighted by Crippen LogP contribution is -2.62. The minimum atomic E-state index is -1.16.